The SMILES string of the molecule is COc1cccc2[nH]cc(C(=O)NC(C)C3CCN(C(=O)[C@H](C)N)CC3)c12. The van der Waals surface area contributed by atoms with Crippen LogP contribution in [0.5, 0.6) is 5.75 Å². The van der Waals surface area contributed by atoms with Crippen LogP contribution in [0.1, 0.15) is 37.0 Å². The molecule has 27 heavy (non-hydrogen) atoms. The molecule has 1 unspecified atom stereocenters. The highest BCUT2D eigenvalue weighted by atomic mass is 16.5. The molecule has 1 aromatic heterocycles. The van der Waals surface area contributed by atoms with Gasteiger partial charge in [0.1, 0.15) is 5.75 Å². The molecule has 2 amide bonds. The quantitative estimate of drug-likeness (QED) is 0.746. The van der Waals surface area contributed by atoms with Crippen LogP contribution in [0.25, 0.3) is 10.9 Å². The second-order valence-electron chi connectivity index (χ2n) is 7.30. The van der Waals surface area contributed by atoms with Crippen LogP contribution in [-0.2, 0) is 4.79 Å². The lowest BCUT2D eigenvalue weighted by atomic mass is 9.90. The van der Waals surface area contributed by atoms with Crippen LogP contribution in [-0.4, -0.2) is 54.0 Å². The Hall–Kier alpha value is -2.54. The topological polar surface area (TPSA) is 100 Å². The van der Waals surface area contributed by atoms with E-state index in [4.69, 9.17) is 10.5 Å². The first-order valence-corrected chi connectivity index (χ1v) is 9.41. The lowest BCUT2D eigenvalue weighted by Gasteiger charge is -2.35. The van der Waals surface area contributed by atoms with E-state index in [0.717, 1.165) is 23.7 Å². The van der Waals surface area contributed by atoms with Crippen molar-refractivity contribution in [1.82, 2.24) is 15.2 Å². The number of aromatic amines is 1. The largest absolute Gasteiger partial charge is 0.496 e. The Bertz CT molecular complexity index is 822. The van der Waals surface area contributed by atoms with Crippen molar-refractivity contribution in [3.8, 4) is 5.75 Å². The van der Waals surface area contributed by atoms with Gasteiger partial charge in [-0.15, -0.1) is 0 Å². The summed E-state index contributed by atoms with van der Waals surface area (Å²) >= 11 is 0. The summed E-state index contributed by atoms with van der Waals surface area (Å²) in [6, 6.07) is 5.21. The van der Waals surface area contributed by atoms with Gasteiger partial charge in [0.2, 0.25) is 5.91 Å². The fraction of sp³-hybridized carbons (Fsp3) is 0.500. The fourth-order valence-corrected chi connectivity index (χ4v) is 3.81. The summed E-state index contributed by atoms with van der Waals surface area (Å²) in [5, 5.41) is 3.91. The molecule has 4 N–H and O–H groups in total. The van der Waals surface area contributed by atoms with E-state index >= 15 is 0 Å². The van der Waals surface area contributed by atoms with Crippen molar-refractivity contribution in [2.75, 3.05) is 20.2 Å². The maximum Gasteiger partial charge on any atom is 0.253 e. The number of aromatic nitrogens is 1. The molecule has 2 atom stereocenters. The Balaban J connectivity index is 1.65. The van der Waals surface area contributed by atoms with Crippen molar-refractivity contribution >= 4 is 22.7 Å². The standard InChI is InChI=1S/C20H28N4O3/c1-12(21)20(26)24-9-7-14(8-10-24)13(2)23-19(25)15-11-22-16-5-4-6-17(27-3)18(15)16/h4-6,11-14,22H,7-10,21H2,1-3H3,(H,23,25)/t12-,13?/m0/s1. The van der Waals surface area contributed by atoms with Gasteiger partial charge in [0, 0.05) is 30.8 Å². The summed E-state index contributed by atoms with van der Waals surface area (Å²) < 4.78 is 5.40. The smallest absolute Gasteiger partial charge is 0.253 e. The first-order chi connectivity index (χ1) is 12.9. The van der Waals surface area contributed by atoms with Crippen LogP contribution in [0, 0.1) is 5.92 Å². The molecule has 0 radical (unpaired) electrons. The minimum atomic E-state index is -0.462. The molecule has 0 saturated carbocycles. The van der Waals surface area contributed by atoms with Gasteiger partial charge in [0.15, 0.2) is 0 Å². The van der Waals surface area contributed by atoms with Crippen molar-refractivity contribution < 1.29 is 14.3 Å². The number of amides is 2. The normalized spacial score (nSPS) is 17.6. The number of methoxy groups -OCH3 is 1. The van der Waals surface area contributed by atoms with Gasteiger partial charge in [0.25, 0.3) is 5.91 Å². The number of likely N-dealkylation sites (tertiary alicyclic amines) is 1. The van der Waals surface area contributed by atoms with Crippen molar-refractivity contribution in [3.05, 3.63) is 30.0 Å². The van der Waals surface area contributed by atoms with Gasteiger partial charge >= 0.3 is 0 Å². The third-order valence-electron chi connectivity index (χ3n) is 5.44. The van der Waals surface area contributed by atoms with E-state index in [0.29, 0.717) is 30.3 Å². The number of carbonyl (C=O) groups excluding carboxylic acids is 2. The van der Waals surface area contributed by atoms with Crippen LogP contribution in [0.3, 0.4) is 0 Å². The van der Waals surface area contributed by atoms with Crippen molar-refractivity contribution in [2.24, 2.45) is 11.7 Å². The minimum Gasteiger partial charge on any atom is -0.496 e. The molecule has 2 aromatic rings. The molecule has 1 fully saturated rings. The molecule has 7 nitrogen and oxygen atoms in total. The number of ether oxygens (including phenoxy) is 1. The van der Waals surface area contributed by atoms with E-state index in [9.17, 15) is 9.59 Å². The molecule has 1 aromatic carbocycles. The van der Waals surface area contributed by atoms with Gasteiger partial charge in [0.05, 0.1) is 24.1 Å². The average molecular weight is 372 g/mol. The summed E-state index contributed by atoms with van der Waals surface area (Å²) in [6.07, 6.45) is 3.44. The predicted octanol–water partition coefficient (Wildman–Crippen LogP) is 1.88. The van der Waals surface area contributed by atoms with Crippen LogP contribution < -0.4 is 15.8 Å². The summed E-state index contributed by atoms with van der Waals surface area (Å²) in [4.78, 5) is 29.8. The third kappa shape index (κ3) is 3.93. The van der Waals surface area contributed by atoms with E-state index in [2.05, 4.69) is 10.3 Å². The molecule has 0 spiro atoms. The summed E-state index contributed by atoms with van der Waals surface area (Å²) in [7, 11) is 1.60. The monoisotopic (exact) mass is 372 g/mol. The van der Waals surface area contributed by atoms with E-state index in [1.54, 1.807) is 20.2 Å². The molecular formula is C20H28N4O3. The molecule has 3 rings (SSSR count). The number of H-pyrrole nitrogens is 1. The Kier molecular flexibility index (Phi) is 5.70. The van der Waals surface area contributed by atoms with Gasteiger partial charge in [-0.2, -0.15) is 0 Å². The average Bonchev–Trinajstić information content (AvgIpc) is 3.11. The summed E-state index contributed by atoms with van der Waals surface area (Å²) in [5.41, 5.74) is 7.14. The number of nitrogens with zero attached hydrogens (tertiary/aromatic N) is 1. The van der Waals surface area contributed by atoms with Gasteiger partial charge in [-0.1, -0.05) is 6.07 Å². The fourth-order valence-electron chi connectivity index (χ4n) is 3.81. The Morgan fingerprint density at radius 1 is 1.30 bits per heavy atom. The molecular weight excluding hydrogens is 344 g/mol. The number of hydrogen-bond donors (Lipinski definition) is 3. The van der Waals surface area contributed by atoms with Crippen molar-refractivity contribution in [2.45, 2.75) is 38.8 Å². The van der Waals surface area contributed by atoms with Crippen LogP contribution in [0.15, 0.2) is 24.4 Å². The molecule has 2 heterocycles. The van der Waals surface area contributed by atoms with Crippen molar-refractivity contribution in [3.63, 3.8) is 0 Å². The van der Waals surface area contributed by atoms with E-state index < -0.39 is 6.04 Å². The minimum absolute atomic E-state index is 0.00368. The molecule has 1 aliphatic heterocycles. The highest BCUT2D eigenvalue weighted by Crippen LogP contribution is 2.29. The summed E-state index contributed by atoms with van der Waals surface area (Å²) in [5.74, 6) is 0.885. The molecule has 1 aliphatic rings. The Labute approximate surface area is 159 Å². The van der Waals surface area contributed by atoms with Gasteiger partial charge in [-0.25, -0.2) is 0 Å². The number of piperidine rings is 1. The molecule has 1 saturated heterocycles. The van der Waals surface area contributed by atoms with Gasteiger partial charge in [-0.05, 0) is 44.7 Å². The summed E-state index contributed by atoms with van der Waals surface area (Å²) in [6.45, 7) is 5.11. The van der Waals surface area contributed by atoms with Gasteiger partial charge < -0.3 is 25.7 Å². The maximum atomic E-state index is 12.8. The number of carbonyl (C=O) groups is 2. The third-order valence-corrected chi connectivity index (χ3v) is 5.44. The van der Waals surface area contributed by atoms with E-state index in [1.165, 1.54) is 0 Å². The second kappa shape index (κ2) is 8.00. The Morgan fingerprint density at radius 2 is 2.00 bits per heavy atom. The zero-order valence-corrected chi connectivity index (χ0v) is 16.1. The van der Waals surface area contributed by atoms with Crippen molar-refractivity contribution in [1.29, 1.82) is 0 Å². The highest BCUT2D eigenvalue weighted by molar-refractivity contribution is 6.09. The van der Waals surface area contributed by atoms with E-state index in [1.807, 2.05) is 30.0 Å². The zero-order chi connectivity index (χ0) is 19.6. The lowest BCUT2D eigenvalue weighted by Crippen LogP contribution is -2.49. The zero-order valence-electron chi connectivity index (χ0n) is 16.1. The van der Waals surface area contributed by atoms with Gasteiger partial charge in [-0.3, -0.25) is 9.59 Å². The predicted molar refractivity (Wildman–Crippen MR) is 105 cm³/mol. The number of hydrogen-bond acceptors (Lipinski definition) is 4. The number of nitrogens with one attached hydrogen (secondary N) is 2. The first kappa shape index (κ1) is 19.2. The van der Waals surface area contributed by atoms with Crippen LogP contribution in [0.4, 0.5) is 0 Å². The molecule has 0 aliphatic carbocycles. The molecule has 146 valence electrons. The second-order valence-corrected chi connectivity index (χ2v) is 7.30. The highest BCUT2D eigenvalue weighted by Gasteiger charge is 2.28. The number of fused-ring (bicyclic) bond motifs is 1. The number of rotatable bonds is 5. The van der Waals surface area contributed by atoms with Crippen LogP contribution >= 0.6 is 0 Å². The molecule has 0 bridgehead atoms. The number of benzene rings is 1. The van der Waals surface area contributed by atoms with E-state index in [-0.39, 0.29) is 17.9 Å². The Morgan fingerprint density at radius 3 is 2.63 bits per heavy atom. The number of nitrogens with two attached hydrogens (primary N) is 1. The first-order valence-electron chi connectivity index (χ1n) is 9.41. The van der Waals surface area contributed by atoms with Crippen LogP contribution in [0.2, 0.25) is 0 Å². The lowest BCUT2D eigenvalue weighted by molar-refractivity contribution is -0.133. The molecule has 7 heteroatoms. The maximum absolute atomic E-state index is 12.8.